The quantitative estimate of drug-likeness (QED) is 0.789. The third-order valence-electron chi connectivity index (χ3n) is 4.42. The Bertz CT molecular complexity index is 204. The Morgan fingerprint density at radius 3 is 2.35 bits per heavy atom. The van der Waals surface area contributed by atoms with Crippen molar-refractivity contribution in [2.45, 2.75) is 45.2 Å². The molecule has 0 radical (unpaired) electrons. The topological polar surface area (TPSA) is 18.5 Å². The minimum Gasteiger partial charge on any atom is -0.315 e. The van der Waals surface area contributed by atoms with Gasteiger partial charge in [0.25, 0.3) is 0 Å². The van der Waals surface area contributed by atoms with Gasteiger partial charge >= 0.3 is 0 Å². The van der Waals surface area contributed by atoms with Gasteiger partial charge in [0.05, 0.1) is 0 Å². The summed E-state index contributed by atoms with van der Waals surface area (Å²) in [7, 11) is 6.67. The summed E-state index contributed by atoms with van der Waals surface area (Å²) in [5.74, 6) is 0.791. The molecule has 1 aliphatic heterocycles. The van der Waals surface area contributed by atoms with E-state index in [0.717, 1.165) is 5.92 Å². The van der Waals surface area contributed by atoms with E-state index in [1.54, 1.807) is 0 Å². The number of rotatable bonds is 5. The molecular weight excluding hydrogens is 210 g/mol. The fraction of sp³-hybridized carbons (Fsp3) is 1.00. The molecule has 0 aromatic heterocycles. The normalized spacial score (nSPS) is 26.1. The van der Waals surface area contributed by atoms with Gasteiger partial charge in [-0.05, 0) is 46.6 Å². The van der Waals surface area contributed by atoms with Gasteiger partial charge in [0.15, 0.2) is 0 Å². The Morgan fingerprint density at radius 1 is 1.18 bits per heavy atom. The van der Waals surface area contributed by atoms with Gasteiger partial charge in [-0.1, -0.05) is 26.7 Å². The lowest BCUT2D eigenvalue weighted by Gasteiger charge is -2.38. The van der Waals surface area contributed by atoms with Crippen LogP contribution in [0.3, 0.4) is 0 Å². The van der Waals surface area contributed by atoms with Crippen LogP contribution in [-0.4, -0.2) is 62.7 Å². The molecule has 3 nitrogen and oxygen atoms in total. The first-order chi connectivity index (χ1) is 8.13. The molecule has 1 fully saturated rings. The second-order valence-corrected chi connectivity index (χ2v) is 5.55. The minimum atomic E-state index is 0.621. The summed E-state index contributed by atoms with van der Waals surface area (Å²) in [6.07, 6.45) is 3.84. The van der Waals surface area contributed by atoms with Crippen molar-refractivity contribution in [3.63, 3.8) is 0 Å². The SMILES string of the molecule is CCC(CC)C(NC)C1CN(C)CCCN1C. The molecule has 102 valence electrons. The molecule has 1 heterocycles. The van der Waals surface area contributed by atoms with Crippen LogP contribution in [0.25, 0.3) is 0 Å². The van der Waals surface area contributed by atoms with Gasteiger partial charge in [0.1, 0.15) is 0 Å². The number of likely N-dealkylation sites (N-methyl/N-ethyl adjacent to an activating group) is 3. The van der Waals surface area contributed by atoms with Gasteiger partial charge in [0, 0.05) is 18.6 Å². The average Bonchev–Trinajstić information content (AvgIpc) is 2.48. The lowest BCUT2D eigenvalue weighted by atomic mass is 9.88. The standard InChI is InChI=1S/C14H31N3/c1-6-12(7-2)14(15-3)13-11-16(4)9-8-10-17(13)5/h12-15H,6-11H2,1-5H3. The average molecular weight is 241 g/mol. The summed E-state index contributed by atoms with van der Waals surface area (Å²) >= 11 is 0. The van der Waals surface area contributed by atoms with Crippen molar-refractivity contribution in [2.24, 2.45) is 5.92 Å². The Hall–Kier alpha value is -0.120. The molecule has 0 amide bonds. The van der Waals surface area contributed by atoms with Crippen molar-refractivity contribution >= 4 is 0 Å². The molecule has 1 saturated heterocycles. The van der Waals surface area contributed by atoms with Crippen LogP contribution in [0, 0.1) is 5.92 Å². The summed E-state index contributed by atoms with van der Waals surface area (Å²) in [6, 6.07) is 1.27. The highest BCUT2D eigenvalue weighted by Crippen LogP contribution is 2.21. The van der Waals surface area contributed by atoms with Gasteiger partial charge in [-0.3, -0.25) is 0 Å². The molecule has 3 heteroatoms. The Morgan fingerprint density at radius 2 is 1.82 bits per heavy atom. The van der Waals surface area contributed by atoms with Crippen LogP contribution in [0.5, 0.6) is 0 Å². The highest BCUT2D eigenvalue weighted by Gasteiger charge is 2.31. The zero-order valence-electron chi connectivity index (χ0n) is 12.4. The number of hydrogen-bond donors (Lipinski definition) is 1. The summed E-state index contributed by atoms with van der Waals surface area (Å²) in [5.41, 5.74) is 0. The Labute approximate surface area is 108 Å². The summed E-state index contributed by atoms with van der Waals surface area (Å²) in [5, 5.41) is 3.58. The molecule has 0 spiro atoms. The van der Waals surface area contributed by atoms with E-state index >= 15 is 0 Å². The van der Waals surface area contributed by atoms with E-state index < -0.39 is 0 Å². The molecule has 2 unspecified atom stereocenters. The van der Waals surface area contributed by atoms with E-state index in [9.17, 15) is 0 Å². The van der Waals surface area contributed by atoms with Crippen molar-refractivity contribution in [3.8, 4) is 0 Å². The second-order valence-electron chi connectivity index (χ2n) is 5.55. The van der Waals surface area contributed by atoms with E-state index in [2.05, 4.69) is 50.1 Å². The molecule has 0 aromatic rings. The highest BCUT2D eigenvalue weighted by atomic mass is 15.2. The van der Waals surface area contributed by atoms with Crippen LogP contribution >= 0.6 is 0 Å². The van der Waals surface area contributed by atoms with Crippen LogP contribution in [0.1, 0.15) is 33.1 Å². The largest absolute Gasteiger partial charge is 0.315 e. The number of nitrogens with zero attached hydrogens (tertiary/aromatic N) is 2. The molecule has 1 rings (SSSR count). The maximum atomic E-state index is 3.58. The van der Waals surface area contributed by atoms with Gasteiger partial charge in [-0.15, -0.1) is 0 Å². The summed E-state index contributed by atoms with van der Waals surface area (Å²) in [4.78, 5) is 5.05. The first-order valence-electron chi connectivity index (χ1n) is 7.20. The first kappa shape index (κ1) is 14.9. The third kappa shape index (κ3) is 3.94. The zero-order chi connectivity index (χ0) is 12.8. The predicted molar refractivity (Wildman–Crippen MR) is 75.5 cm³/mol. The molecule has 1 aliphatic rings. The smallest absolute Gasteiger partial charge is 0.0375 e. The number of nitrogens with one attached hydrogen (secondary N) is 1. The van der Waals surface area contributed by atoms with Crippen molar-refractivity contribution in [2.75, 3.05) is 40.8 Å². The molecular formula is C14H31N3. The Balaban J connectivity index is 2.75. The van der Waals surface area contributed by atoms with E-state index in [0.29, 0.717) is 12.1 Å². The molecule has 0 aromatic carbocycles. The molecule has 0 bridgehead atoms. The fourth-order valence-electron chi connectivity index (χ4n) is 3.23. The fourth-order valence-corrected chi connectivity index (χ4v) is 3.23. The van der Waals surface area contributed by atoms with Gasteiger partial charge in [-0.25, -0.2) is 0 Å². The molecule has 0 aliphatic carbocycles. The van der Waals surface area contributed by atoms with E-state index in [-0.39, 0.29) is 0 Å². The molecule has 17 heavy (non-hydrogen) atoms. The van der Waals surface area contributed by atoms with Crippen LogP contribution in [0.4, 0.5) is 0 Å². The molecule has 0 saturated carbocycles. The Kier molecular flexibility index (Phi) is 6.45. The van der Waals surface area contributed by atoms with Crippen LogP contribution < -0.4 is 5.32 Å². The zero-order valence-corrected chi connectivity index (χ0v) is 12.4. The lowest BCUT2D eigenvalue weighted by Crippen LogP contribution is -2.54. The van der Waals surface area contributed by atoms with Gasteiger partial charge in [-0.2, -0.15) is 0 Å². The number of hydrogen-bond acceptors (Lipinski definition) is 3. The third-order valence-corrected chi connectivity index (χ3v) is 4.42. The highest BCUT2D eigenvalue weighted by molar-refractivity contribution is 4.90. The maximum Gasteiger partial charge on any atom is 0.0375 e. The van der Waals surface area contributed by atoms with Gasteiger partial charge in [0.2, 0.25) is 0 Å². The molecule has 1 N–H and O–H groups in total. The monoisotopic (exact) mass is 241 g/mol. The van der Waals surface area contributed by atoms with Crippen molar-refractivity contribution in [1.82, 2.24) is 15.1 Å². The summed E-state index contributed by atoms with van der Waals surface area (Å²) < 4.78 is 0. The first-order valence-corrected chi connectivity index (χ1v) is 7.20. The van der Waals surface area contributed by atoms with Crippen molar-refractivity contribution < 1.29 is 0 Å². The molecule has 2 atom stereocenters. The summed E-state index contributed by atoms with van der Waals surface area (Å²) in [6.45, 7) is 8.30. The van der Waals surface area contributed by atoms with Crippen LogP contribution in [-0.2, 0) is 0 Å². The predicted octanol–water partition coefficient (Wildman–Crippen LogP) is 1.65. The second kappa shape index (κ2) is 7.34. The van der Waals surface area contributed by atoms with E-state index in [1.807, 2.05) is 0 Å². The van der Waals surface area contributed by atoms with E-state index in [1.165, 1.54) is 38.9 Å². The minimum absolute atomic E-state index is 0.621. The van der Waals surface area contributed by atoms with Crippen molar-refractivity contribution in [3.05, 3.63) is 0 Å². The lowest BCUT2D eigenvalue weighted by molar-refractivity contribution is 0.144. The van der Waals surface area contributed by atoms with Crippen molar-refractivity contribution in [1.29, 1.82) is 0 Å². The van der Waals surface area contributed by atoms with Crippen LogP contribution in [0.2, 0.25) is 0 Å². The van der Waals surface area contributed by atoms with Crippen LogP contribution in [0.15, 0.2) is 0 Å². The van der Waals surface area contributed by atoms with Gasteiger partial charge < -0.3 is 15.1 Å². The maximum absolute atomic E-state index is 3.58. The van der Waals surface area contributed by atoms with E-state index in [4.69, 9.17) is 0 Å².